The number of ether oxygens (including phenoxy) is 1. The van der Waals surface area contributed by atoms with Crippen molar-refractivity contribution in [2.45, 2.75) is 12.3 Å². The lowest BCUT2D eigenvalue weighted by atomic mass is 9.80. The summed E-state index contributed by atoms with van der Waals surface area (Å²) in [4.78, 5) is 21.5. The van der Waals surface area contributed by atoms with Crippen LogP contribution < -0.4 is 10.1 Å². The van der Waals surface area contributed by atoms with Gasteiger partial charge in [-0.25, -0.2) is 9.67 Å². The Kier molecular flexibility index (Phi) is 5.91. The third-order valence-electron chi connectivity index (χ3n) is 5.20. The smallest absolute Gasteiger partial charge is 0.292 e. The quantitative estimate of drug-likeness (QED) is 0.429. The molecule has 10 heteroatoms. The van der Waals surface area contributed by atoms with Gasteiger partial charge in [0.25, 0.3) is 17.6 Å². The van der Waals surface area contributed by atoms with Crippen LogP contribution in [0, 0.1) is 0 Å². The molecular formula is C22H21ClN6O3. The second-order valence-corrected chi connectivity index (χ2v) is 7.73. The Morgan fingerprint density at radius 3 is 2.69 bits per heavy atom. The summed E-state index contributed by atoms with van der Waals surface area (Å²) in [7, 11) is 3.34. The van der Waals surface area contributed by atoms with Gasteiger partial charge in [-0.2, -0.15) is 10.1 Å². The number of halogens is 1. The second kappa shape index (κ2) is 8.80. The van der Waals surface area contributed by atoms with E-state index in [1.807, 2.05) is 43.3 Å². The molecule has 0 saturated heterocycles. The first-order chi connectivity index (χ1) is 15.4. The highest BCUT2D eigenvalue weighted by Gasteiger charge is 2.36. The number of hydrogen-bond donors (Lipinski definition) is 1. The molecule has 1 N–H and O–H groups in total. The first kappa shape index (κ1) is 21.5. The van der Waals surface area contributed by atoms with Crippen LogP contribution in [0.15, 0.2) is 59.3 Å². The first-order valence-corrected chi connectivity index (χ1v) is 10.2. The van der Waals surface area contributed by atoms with Gasteiger partial charge >= 0.3 is 0 Å². The number of carbonyl (C=O) groups is 1. The van der Waals surface area contributed by atoms with E-state index >= 15 is 0 Å². The van der Waals surface area contributed by atoms with Crippen molar-refractivity contribution in [3.8, 4) is 17.3 Å². The van der Waals surface area contributed by atoms with Crippen molar-refractivity contribution in [2.24, 2.45) is 7.05 Å². The fourth-order valence-corrected chi connectivity index (χ4v) is 3.60. The SMILES string of the molecule is COc1c(C(C)(CNC(=O)c2noc(-c3ccccc3)n2)c2cccc(Cl)n2)cnn1C. The van der Waals surface area contributed by atoms with E-state index in [4.69, 9.17) is 20.9 Å². The number of amides is 1. The maximum Gasteiger partial charge on any atom is 0.292 e. The normalized spacial score (nSPS) is 12.9. The number of nitrogens with one attached hydrogen (secondary N) is 1. The third-order valence-corrected chi connectivity index (χ3v) is 5.42. The van der Waals surface area contributed by atoms with E-state index in [2.05, 4.69) is 25.5 Å². The van der Waals surface area contributed by atoms with Gasteiger partial charge in [-0.05, 0) is 31.2 Å². The molecule has 1 atom stereocenters. The van der Waals surface area contributed by atoms with Crippen LogP contribution in [0.4, 0.5) is 0 Å². The summed E-state index contributed by atoms with van der Waals surface area (Å²) >= 11 is 6.15. The standard InChI is InChI=1S/C22H21ClN6O3/c1-22(16-10-7-11-17(23)26-16,15-12-25-29(2)21(15)31-3)13-24-19(30)18-27-20(32-28-18)14-8-5-4-6-9-14/h4-12H,13H2,1-3H3,(H,24,30). The number of aryl methyl sites for hydroxylation is 1. The topological polar surface area (TPSA) is 108 Å². The number of pyridine rings is 1. The van der Waals surface area contributed by atoms with E-state index in [-0.39, 0.29) is 18.3 Å². The number of nitrogens with zero attached hydrogens (tertiary/aromatic N) is 5. The summed E-state index contributed by atoms with van der Waals surface area (Å²) in [5, 5.41) is 11.3. The van der Waals surface area contributed by atoms with E-state index in [0.29, 0.717) is 16.7 Å². The molecule has 32 heavy (non-hydrogen) atoms. The molecule has 0 radical (unpaired) electrons. The van der Waals surface area contributed by atoms with Crippen molar-refractivity contribution in [1.82, 2.24) is 30.2 Å². The minimum absolute atomic E-state index is 0.0663. The molecule has 0 fully saturated rings. The number of carbonyl (C=O) groups excluding carboxylic acids is 1. The van der Waals surface area contributed by atoms with Gasteiger partial charge in [0.15, 0.2) is 0 Å². The van der Waals surface area contributed by atoms with Crippen molar-refractivity contribution >= 4 is 17.5 Å². The zero-order valence-electron chi connectivity index (χ0n) is 17.7. The Balaban J connectivity index is 1.62. The highest BCUT2D eigenvalue weighted by atomic mass is 35.5. The van der Waals surface area contributed by atoms with Gasteiger partial charge in [0.1, 0.15) is 5.15 Å². The molecule has 3 aromatic heterocycles. The monoisotopic (exact) mass is 452 g/mol. The first-order valence-electron chi connectivity index (χ1n) is 9.79. The minimum atomic E-state index is -0.799. The molecule has 0 aliphatic heterocycles. The lowest BCUT2D eigenvalue weighted by Crippen LogP contribution is -2.40. The van der Waals surface area contributed by atoms with Crippen LogP contribution in [-0.2, 0) is 12.5 Å². The number of benzene rings is 1. The molecule has 4 rings (SSSR count). The molecule has 0 saturated carbocycles. The molecule has 4 aromatic rings. The van der Waals surface area contributed by atoms with Crippen LogP contribution >= 0.6 is 11.6 Å². The largest absolute Gasteiger partial charge is 0.481 e. The number of aromatic nitrogens is 5. The highest BCUT2D eigenvalue weighted by molar-refractivity contribution is 6.29. The molecule has 164 valence electrons. The van der Waals surface area contributed by atoms with Gasteiger partial charge in [-0.15, -0.1) is 0 Å². The van der Waals surface area contributed by atoms with E-state index in [0.717, 1.165) is 11.1 Å². The van der Waals surface area contributed by atoms with Gasteiger partial charge in [0.05, 0.1) is 24.4 Å². The van der Waals surface area contributed by atoms with Crippen LogP contribution in [0.2, 0.25) is 5.15 Å². The molecule has 0 bridgehead atoms. The molecule has 1 unspecified atom stereocenters. The molecule has 1 aromatic carbocycles. The molecule has 9 nitrogen and oxygen atoms in total. The summed E-state index contributed by atoms with van der Waals surface area (Å²) in [5.41, 5.74) is 1.32. The molecule has 0 aliphatic carbocycles. The highest BCUT2D eigenvalue weighted by Crippen LogP contribution is 2.36. The van der Waals surface area contributed by atoms with E-state index in [1.54, 1.807) is 37.2 Å². The average molecular weight is 453 g/mol. The zero-order valence-corrected chi connectivity index (χ0v) is 18.5. The fourth-order valence-electron chi connectivity index (χ4n) is 3.44. The van der Waals surface area contributed by atoms with Gasteiger partial charge < -0.3 is 14.6 Å². The van der Waals surface area contributed by atoms with E-state index in [9.17, 15) is 4.79 Å². The number of rotatable bonds is 7. The van der Waals surface area contributed by atoms with Crippen LogP contribution in [0.1, 0.15) is 28.8 Å². The van der Waals surface area contributed by atoms with Gasteiger partial charge in [-0.3, -0.25) is 4.79 Å². The summed E-state index contributed by atoms with van der Waals surface area (Å²) in [5.74, 6) is 0.272. The van der Waals surface area contributed by atoms with Crippen molar-refractivity contribution in [3.63, 3.8) is 0 Å². The Morgan fingerprint density at radius 1 is 1.19 bits per heavy atom. The van der Waals surface area contributed by atoms with E-state index < -0.39 is 11.3 Å². The van der Waals surface area contributed by atoms with Crippen molar-refractivity contribution in [2.75, 3.05) is 13.7 Å². The van der Waals surface area contributed by atoms with Crippen LogP contribution in [0.5, 0.6) is 5.88 Å². The maximum atomic E-state index is 12.8. The third kappa shape index (κ3) is 4.06. The molecule has 1 amide bonds. The van der Waals surface area contributed by atoms with Gasteiger partial charge in [0.2, 0.25) is 5.88 Å². The van der Waals surface area contributed by atoms with Crippen LogP contribution in [0.3, 0.4) is 0 Å². The predicted octanol–water partition coefficient (Wildman–Crippen LogP) is 3.26. The average Bonchev–Trinajstić information content (AvgIpc) is 3.45. The van der Waals surface area contributed by atoms with Crippen molar-refractivity contribution in [3.05, 3.63) is 77.0 Å². The summed E-state index contributed by atoms with van der Waals surface area (Å²) < 4.78 is 12.4. The van der Waals surface area contributed by atoms with E-state index in [1.165, 1.54) is 0 Å². The molecular weight excluding hydrogens is 432 g/mol. The number of hydrogen-bond acceptors (Lipinski definition) is 7. The lowest BCUT2D eigenvalue weighted by Gasteiger charge is -2.29. The Morgan fingerprint density at radius 2 is 1.97 bits per heavy atom. The Bertz CT molecular complexity index is 1240. The summed E-state index contributed by atoms with van der Waals surface area (Å²) in [6.45, 7) is 2.09. The maximum absolute atomic E-state index is 12.8. The van der Waals surface area contributed by atoms with Crippen molar-refractivity contribution < 1.29 is 14.1 Å². The van der Waals surface area contributed by atoms with Crippen molar-refractivity contribution in [1.29, 1.82) is 0 Å². The van der Waals surface area contributed by atoms with Crippen LogP contribution in [-0.4, -0.2) is 44.5 Å². The lowest BCUT2D eigenvalue weighted by molar-refractivity contribution is 0.0933. The van der Waals surface area contributed by atoms with Gasteiger partial charge in [-0.1, -0.05) is 41.0 Å². The molecule has 3 heterocycles. The molecule has 0 spiro atoms. The Labute approximate surface area is 189 Å². The molecule has 0 aliphatic rings. The van der Waals surface area contributed by atoms with Gasteiger partial charge in [0, 0.05) is 24.7 Å². The Hall–Kier alpha value is -3.72. The fraction of sp³-hybridized carbons (Fsp3) is 0.227. The minimum Gasteiger partial charge on any atom is -0.481 e. The second-order valence-electron chi connectivity index (χ2n) is 7.34. The number of methoxy groups -OCH3 is 1. The summed E-state index contributed by atoms with van der Waals surface area (Å²) in [6.07, 6.45) is 1.69. The summed E-state index contributed by atoms with van der Waals surface area (Å²) in [6, 6.07) is 14.6. The van der Waals surface area contributed by atoms with Crippen LogP contribution in [0.25, 0.3) is 11.5 Å². The predicted molar refractivity (Wildman–Crippen MR) is 118 cm³/mol. The zero-order chi connectivity index (χ0) is 22.7.